The maximum atomic E-state index is 4.73. The van der Waals surface area contributed by atoms with E-state index in [4.69, 9.17) is 5.10 Å². The molecule has 2 rings (SSSR count). The zero-order valence-corrected chi connectivity index (χ0v) is 13.5. The molecule has 0 unspecified atom stereocenters. The molecule has 0 atom stereocenters. The van der Waals surface area contributed by atoms with Gasteiger partial charge in [0, 0.05) is 18.3 Å². The summed E-state index contributed by atoms with van der Waals surface area (Å²) in [7, 11) is 0. The first-order valence-corrected chi connectivity index (χ1v) is 8.48. The van der Waals surface area contributed by atoms with E-state index in [1.807, 2.05) is 0 Å². The molecule has 1 aromatic heterocycles. The first-order chi connectivity index (χ1) is 9.72. The molecule has 0 aromatic carbocycles. The van der Waals surface area contributed by atoms with E-state index in [0.717, 1.165) is 25.6 Å². The predicted octanol–water partition coefficient (Wildman–Crippen LogP) is 3.76. The van der Waals surface area contributed by atoms with E-state index in [1.54, 1.807) is 0 Å². The minimum Gasteiger partial charge on any atom is -0.314 e. The Bertz CT molecular complexity index is 405. The summed E-state index contributed by atoms with van der Waals surface area (Å²) in [5.41, 5.74) is 4.08. The van der Waals surface area contributed by atoms with Crippen LogP contribution in [0, 0.1) is 13.8 Å². The first kappa shape index (κ1) is 15.6. The van der Waals surface area contributed by atoms with Gasteiger partial charge in [0.2, 0.25) is 0 Å². The molecule has 0 saturated heterocycles. The summed E-state index contributed by atoms with van der Waals surface area (Å²) in [5.74, 6) is 0. The zero-order chi connectivity index (χ0) is 14.4. The third-order valence-electron chi connectivity index (χ3n) is 4.39. The molecule has 0 spiro atoms. The maximum absolute atomic E-state index is 4.73. The monoisotopic (exact) mass is 277 g/mol. The normalized spacial score (nSPS) is 14.9. The van der Waals surface area contributed by atoms with E-state index in [1.165, 1.54) is 61.9 Å². The highest BCUT2D eigenvalue weighted by Crippen LogP contribution is 2.19. The average molecular weight is 277 g/mol. The van der Waals surface area contributed by atoms with Gasteiger partial charge in [-0.3, -0.25) is 4.68 Å². The van der Waals surface area contributed by atoms with Gasteiger partial charge in [-0.1, -0.05) is 32.6 Å². The molecule has 0 bridgehead atoms. The Kier molecular flexibility index (Phi) is 6.08. The minimum atomic E-state index is 0.809. The number of hydrogen-bond donors (Lipinski definition) is 1. The van der Waals surface area contributed by atoms with Crippen molar-refractivity contribution < 1.29 is 0 Å². The highest BCUT2D eigenvalue weighted by Gasteiger charge is 2.20. The summed E-state index contributed by atoms with van der Waals surface area (Å²) in [5, 5.41) is 8.33. The molecular formula is C17H31N3. The summed E-state index contributed by atoms with van der Waals surface area (Å²) in [6.07, 6.45) is 10.5. The van der Waals surface area contributed by atoms with Gasteiger partial charge in [-0.25, -0.2) is 0 Å². The van der Waals surface area contributed by atoms with Crippen molar-refractivity contribution in [3.8, 4) is 0 Å². The molecule has 1 aromatic rings. The summed E-state index contributed by atoms with van der Waals surface area (Å²) < 4.78 is 2.23. The van der Waals surface area contributed by atoms with Crippen molar-refractivity contribution >= 4 is 0 Å². The number of aryl methyl sites for hydroxylation is 2. The highest BCUT2D eigenvalue weighted by molar-refractivity contribution is 5.24. The van der Waals surface area contributed by atoms with E-state index in [0.29, 0.717) is 0 Å². The summed E-state index contributed by atoms with van der Waals surface area (Å²) in [6.45, 7) is 8.86. The Morgan fingerprint density at radius 2 is 1.90 bits per heavy atom. The van der Waals surface area contributed by atoms with Crippen LogP contribution in [0.25, 0.3) is 0 Å². The molecule has 3 heteroatoms. The van der Waals surface area contributed by atoms with Gasteiger partial charge < -0.3 is 5.32 Å². The first-order valence-electron chi connectivity index (χ1n) is 8.48. The predicted molar refractivity (Wildman–Crippen MR) is 85.2 cm³/mol. The van der Waals surface area contributed by atoms with Crippen molar-refractivity contribution in [2.75, 3.05) is 6.54 Å². The summed E-state index contributed by atoms with van der Waals surface area (Å²) in [4.78, 5) is 0. The smallest absolute Gasteiger partial charge is 0.0628 e. The molecular weight excluding hydrogens is 246 g/mol. The van der Waals surface area contributed by atoms with Crippen molar-refractivity contribution in [2.24, 2.45) is 0 Å². The number of nitrogens with one attached hydrogen (secondary N) is 1. The fourth-order valence-corrected chi connectivity index (χ4v) is 2.87. The topological polar surface area (TPSA) is 29.9 Å². The zero-order valence-electron chi connectivity index (χ0n) is 13.5. The molecule has 0 amide bonds. The second-order valence-electron chi connectivity index (χ2n) is 6.27. The number of rotatable bonds is 10. The van der Waals surface area contributed by atoms with E-state index in [2.05, 4.69) is 30.8 Å². The summed E-state index contributed by atoms with van der Waals surface area (Å²) in [6, 6.07) is 0.809. The fourth-order valence-electron chi connectivity index (χ4n) is 2.87. The highest BCUT2D eigenvalue weighted by atomic mass is 15.3. The standard InChI is InChI=1S/C17H31N3/c1-4-5-6-7-8-13-20-15(3)17(14(2)19-20)11-12-18-16-9-10-16/h16,18H,4-13H2,1-3H3. The Balaban J connectivity index is 1.77. The number of nitrogens with zero attached hydrogens (tertiary/aromatic N) is 2. The number of aromatic nitrogens is 2. The molecule has 1 fully saturated rings. The Labute approximate surface area is 124 Å². The van der Waals surface area contributed by atoms with E-state index in [-0.39, 0.29) is 0 Å². The van der Waals surface area contributed by atoms with Crippen molar-refractivity contribution in [3.63, 3.8) is 0 Å². The average Bonchev–Trinajstić information content (AvgIpc) is 3.21. The van der Waals surface area contributed by atoms with Gasteiger partial charge in [-0.15, -0.1) is 0 Å². The van der Waals surface area contributed by atoms with Crippen LogP contribution in [0.4, 0.5) is 0 Å². The van der Waals surface area contributed by atoms with Gasteiger partial charge in [-0.2, -0.15) is 5.10 Å². The van der Waals surface area contributed by atoms with Gasteiger partial charge in [0.05, 0.1) is 5.69 Å². The fraction of sp³-hybridized carbons (Fsp3) is 0.824. The van der Waals surface area contributed by atoms with Crippen LogP contribution in [0.3, 0.4) is 0 Å². The molecule has 0 radical (unpaired) electrons. The second-order valence-corrected chi connectivity index (χ2v) is 6.27. The lowest BCUT2D eigenvalue weighted by atomic mass is 10.1. The third-order valence-corrected chi connectivity index (χ3v) is 4.39. The van der Waals surface area contributed by atoms with Crippen LogP contribution in [0.5, 0.6) is 0 Å². The Morgan fingerprint density at radius 1 is 1.15 bits per heavy atom. The third kappa shape index (κ3) is 4.62. The van der Waals surface area contributed by atoms with Gasteiger partial charge in [0.1, 0.15) is 0 Å². The Hall–Kier alpha value is -0.830. The van der Waals surface area contributed by atoms with Crippen molar-refractivity contribution in [1.82, 2.24) is 15.1 Å². The molecule has 0 aliphatic heterocycles. The Morgan fingerprint density at radius 3 is 2.60 bits per heavy atom. The van der Waals surface area contributed by atoms with E-state index in [9.17, 15) is 0 Å². The lowest BCUT2D eigenvalue weighted by Gasteiger charge is -2.06. The van der Waals surface area contributed by atoms with E-state index < -0.39 is 0 Å². The SMILES string of the molecule is CCCCCCCn1nc(C)c(CCNC2CC2)c1C. The lowest BCUT2D eigenvalue weighted by molar-refractivity contribution is 0.522. The van der Waals surface area contributed by atoms with Crippen molar-refractivity contribution in [2.45, 2.75) is 84.7 Å². The van der Waals surface area contributed by atoms with Crippen molar-refractivity contribution in [3.05, 3.63) is 17.0 Å². The lowest BCUT2D eigenvalue weighted by Crippen LogP contribution is -2.19. The minimum absolute atomic E-state index is 0.809. The van der Waals surface area contributed by atoms with Crippen molar-refractivity contribution in [1.29, 1.82) is 0 Å². The molecule has 20 heavy (non-hydrogen) atoms. The molecule has 114 valence electrons. The van der Waals surface area contributed by atoms with Crippen LogP contribution in [0.2, 0.25) is 0 Å². The van der Waals surface area contributed by atoms with Gasteiger partial charge >= 0.3 is 0 Å². The quantitative estimate of drug-likeness (QED) is 0.660. The molecule has 1 heterocycles. The molecule has 1 saturated carbocycles. The van der Waals surface area contributed by atoms with Crippen LogP contribution in [0.1, 0.15) is 68.8 Å². The van der Waals surface area contributed by atoms with Crippen LogP contribution in [0.15, 0.2) is 0 Å². The van der Waals surface area contributed by atoms with Crippen LogP contribution >= 0.6 is 0 Å². The van der Waals surface area contributed by atoms with Crippen LogP contribution in [-0.2, 0) is 13.0 Å². The number of unbranched alkanes of at least 4 members (excludes halogenated alkanes) is 4. The second kappa shape index (κ2) is 7.82. The summed E-state index contributed by atoms with van der Waals surface area (Å²) >= 11 is 0. The van der Waals surface area contributed by atoms with Crippen LogP contribution in [-0.4, -0.2) is 22.4 Å². The molecule has 1 N–H and O–H groups in total. The van der Waals surface area contributed by atoms with Gasteiger partial charge in [-0.05, 0) is 51.6 Å². The van der Waals surface area contributed by atoms with Gasteiger partial charge in [0.15, 0.2) is 0 Å². The molecule has 3 nitrogen and oxygen atoms in total. The maximum Gasteiger partial charge on any atom is 0.0628 e. The largest absolute Gasteiger partial charge is 0.314 e. The number of hydrogen-bond acceptors (Lipinski definition) is 2. The molecule has 1 aliphatic carbocycles. The van der Waals surface area contributed by atoms with Crippen LogP contribution < -0.4 is 5.32 Å². The van der Waals surface area contributed by atoms with Gasteiger partial charge in [0.25, 0.3) is 0 Å². The molecule has 1 aliphatic rings. The van der Waals surface area contributed by atoms with E-state index >= 15 is 0 Å².